The molecule has 0 heterocycles. The Kier molecular flexibility index (Phi) is 6.13. The maximum atomic E-state index is 12.2. The third-order valence-corrected chi connectivity index (χ3v) is 3.55. The summed E-state index contributed by atoms with van der Waals surface area (Å²) >= 11 is 0. The van der Waals surface area contributed by atoms with Crippen LogP contribution in [0.2, 0.25) is 0 Å². The minimum Gasteiger partial charge on any atom is -0.378 e. The van der Waals surface area contributed by atoms with E-state index in [9.17, 15) is 9.59 Å². The van der Waals surface area contributed by atoms with Crippen LogP contribution < -0.4 is 15.5 Å². The van der Waals surface area contributed by atoms with Crippen LogP contribution >= 0.6 is 0 Å². The molecule has 0 fully saturated rings. The predicted octanol–water partition coefficient (Wildman–Crippen LogP) is 2.53. The quantitative estimate of drug-likeness (QED) is 0.849. The number of hydrogen-bond acceptors (Lipinski definition) is 4. The molecule has 0 spiro atoms. The van der Waals surface area contributed by atoms with E-state index in [4.69, 9.17) is 5.26 Å². The van der Waals surface area contributed by atoms with Crippen LogP contribution in [0.4, 0.5) is 11.4 Å². The van der Waals surface area contributed by atoms with Gasteiger partial charge in [-0.2, -0.15) is 5.26 Å². The van der Waals surface area contributed by atoms with Crippen LogP contribution in [-0.4, -0.2) is 25.9 Å². The average molecular weight is 336 g/mol. The van der Waals surface area contributed by atoms with E-state index in [2.05, 4.69) is 10.6 Å². The third-order valence-electron chi connectivity index (χ3n) is 3.55. The van der Waals surface area contributed by atoms with Crippen molar-refractivity contribution >= 4 is 23.2 Å². The molecular formula is C19H20N4O2. The molecule has 2 aromatic rings. The maximum Gasteiger partial charge on any atom is 0.251 e. The van der Waals surface area contributed by atoms with Gasteiger partial charge in [0.2, 0.25) is 5.91 Å². The molecule has 0 aliphatic rings. The Morgan fingerprint density at radius 1 is 1.12 bits per heavy atom. The molecule has 0 radical (unpaired) electrons. The van der Waals surface area contributed by atoms with Crippen molar-refractivity contribution in [2.24, 2.45) is 0 Å². The number of nitrogens with zero attached hydrogens (tertiary/aromatic N) is 2. The van der Waals surface area contributed by atoms with Gasteiger partial charge in [0.05, 0.1) is 6.07 Å². The number of benzene rings is 2. The van der Waals surface area contributed by atoms with Gasteiger partial charge in [-0.3, -0.25) is 9.59 Å². The zero-order chi connectivity index (χ0) is 18.2. The van der Waals surface area contributed by atoms with E-state index in [1.54, 1.807) is 36.4 Å². The van der Waals surface area contributed by atoms with Gasteiger partial charge in [0, 0.05) is 37.6 Å². The van der Waals surface area contributed by atoms with Gasteiger partial charge in [-0.1, -0.05) is 12.1 Å². The van der Waals surface area contributed by atoms with Gasteiger partial charge in [-0.05, 0) is 42.0 Å². The first kappa shape index (κ1) is 18.0. The third kappa shape index (κ3) is 5.36. The lowest BCUT2D eigenvalue weighted by Gasteiger charge is -2.13. The summed E-state index contributed by atoms with van der Waals surface area (Å²) in [5, 5.41) is 14.0. The molecule has 2 aromatic carbocycles. The largest absolute Gasteiger partial charge is 0.378 e. The van der Waals surface area contributed by atoms with Crippen LogP contribution in [0.3, 0.4) is 0 Å². The molecule has 6 heteroatoms. The minimum atomic E-state index is -0.357. The van der Waals surface area contributed by atoms with Crippen molar-refractivity contribution in [1.29, 1.82) is 5.26 Å². The highest BCUT2D eigenvalue weighted by atomic mass is 16.2. The molecule has 0 saturated carbocycles. The molecule has 6 nitrogen and oxygen atoms in total. The fraction of sp³-hybridized carbons (Fsp3) is 0.211. The number of carbonyl (C=O) groups is 2. The lowest BCUT2D eigenvalue weighted by Crippen LogP contribution is -2.23. The number of carbonyl (C=O) groups excluding carboxylic acids is 2. The number of amides is 2. The number of nitriles is 1. The molecule has 0 aliphatic carbocycles. The maximum absolute atomic E-state index is 12.2. The Morgan fingerprint density at radius 3 is 2.48 bits per heavy atom. The molecule has 0 atom stereocenters. The monoisotopic (exact) mass is 336 g/mol. The first-order valence-corrected chi connectivity index (χ1v) is 7.81. The van der Waals surface area contributed by atoms with E-state index in [1.165, 1.54) is 0 Å². The van der Waals surface area contributed by atoms with Crippen LogP contribution in [0.5, 0.6) is 0 Å². The van der Waals surface area contributed by atoms with Crippen molar-refractivity contribution in [2.75, 3.05) is 24.3 Å². The topological polar surface area (TPSA) is 85.2 Å². The summed E-state index contributed by atoms with van der Waals surface area (Å²) in [5.41, 5.74) is 3.07. The van der Waals surface area contributed by atoms with E-state index in [0.717, 1.165) is 11.3 Å². The smallest absolute Gasteiger partial charge is 0.251 e. The van der Waals surface area contributed by atoms with Crippen LogP contribution in [-0.2, 0) is 11.3 Å². The lowest BCUT2D eigenvalue weighted by molar-refractivity contribution is -0.115. The van der Waals surface area contributed by atoms with Gasteiger partial charge in [0.15, 0.2) is 0 Å². The highest BCUT2D eigenvalue weighted by molar-refractivity contribution is 5.94. The molecule has 2 rings (SSSR count). The standard InChI is InChI=1S/C19H20N4O2/c1-23(2)17-8-6-15(7-9-17)19(25)21-13-14-4-3-5-16(12-14)22-18(24)10-11-20/h3-9,12H,10,13H2,1-2H3,(H,21,25)(H,22,24). The molecule has 128 valence electrons. The van der Waals surface area contributed by atoms with Crippen molar-refractivity contribution in [1.82, 2.24) is 5.32 Å². The zero-order valence-electron chi connectivity index (χ0n) is 14.2. The second-order valence-corrected chi connectivity index (χ2v) is 5.71. The van der Waals surface area contributed by atoms with E-state index in [-0.39, 0.29) is 18.2 Å². The molecule has 0 unspecified atom stereocenters. The Bertz CT molecular complexity index is 792. The summed E-state index contributed by atoms with van der Waals surface area (Å²) in [4.78, 5) is 25.6. The van der Waals surface area contributed by atoms with Gasteiger partial charge in [0.25, 0.3) is 5.91 Å². The first-order chi connectivity index (χ1) is 12.0. The molecule has 0 aromatic heterocycles. The lowest BCUT2D eigenvalue weighted by atomic mass is 10.1. The summed E-state index contributed by atoms with van der Waals surface area (Å²) in [7, 11) is 3.88. The van der Waals surface area contributed by atoms with Crippen molar-refractivity contribution < 1.29 is 9.59 Å². The highest BCUT2D eigenvalue weighted by Crippen LogP contribution is 2.13. The van der Waals surface area contributed by atoms with Crippen LogP contribution in [0, 0.1) is 11.3 Å². The number of nitrogens with one attached hydrogen (secondary N) is 2. The number of rotatable bonds is 6. The van der Waals surface area contributed by atoms with Crippen molar-refractivity contribution in [2.45, 2.75) is 13.0 Å². The number of hydrogen-bond donors (Lipinski definition) is 2. The second kappa shape index (κ2) is 8.50. The van der Waals surface area contributed by atoms with Gasteiger partial charge in [-0.25, -0.2) is 0 Å². The molecule has 2 amide bonds. The van der Waals surface area contributed by atoms with Crippen molar-refractivity contribution in [3.63, 3.8) is 0 Å². The Balaban J connectivity index is 1.95. The van der Waals surface area contributed by atoms with Crippen LogP contribution in [0.15, 0.2) is 48.5 Å². The van der Waals surface area contributed by atoms with E-state index >= 15 is 0 Å². The number of anilines is 2. The molecule has 25 heavy (non-hydrogen) atoms. The summed E-state index contributed by atoms with van der Waals surface area (Å²) in [5.74, 6) is -0.520. The van der Waals surface area contributed by atoms with E-state index in [0.29, 0.717) is 17.8 Å². The minimum absolute atomic E-state index is 0.163. The van der Waals surface area contributed by atoms with Crippen LogP contribution in [0.25, 0.3) is 0 Å². The van der Waals surface area contributed by atoms with E-state index in [1.807, 2.05) is 37.2 Å². The first-order valence-electron chi connectivity index (χ1n) is 7.81. The molecule has 0 bridgehead atoms. The molecule has 0 saturated heterocycles. The second-order valence-electron chi connectivity index (χ2n) is 5.71. The Hall–Kier alpha value is -3.33. The summed E-state index contributed by atoms with van der Waals surface area (Å²) in [6.07, 6.45) is -0.191. The van der Waals surface area contributed by atoms with Gasteiger partial charge >= 0.3 is 0 Å². The summed E-state index contributed by atoms with van der Waals surface area (Å²) in [6.45, 7) is 0.343. The zero-order valence-corrected chi connectivity index (χ0v) is 14.2. The predicted molar refractivity (Wildman–Crippen MR) is 97.2 cm³/mol. The van der Waals surface area contributed by atoms with Crippen LogP contribution in [0.1, 0.15) is 22.3 Å². The SMILES string of the molecule is CN(C)c1ccc(C(=O)NCc2cccc(NC(=O)CC#N)c2)cc1. The van der Waals surface area contributed by atoms with Gasteiger partial charge in [0.1, 0.15) is 6.42 Å². The highest BCUT2D eigenvalue weighted by Gasteiger charge is 2.07. The summed E-state index contributed by atoms with van der Waals surface area (Å²) in [6, 6.07) is 16.3. The fourth-order valence-electron chi connectivity index (χ4n) is 2.23. The average Bonchev–Trinajstić information content (AvgIpc) is 2.60. The fourth-order valence-corrected chi connectivity index (χ4v) is 2.23. The molecule has 0 aliphatic heterocycles. The molecular weight excluding hydrogens is 316 g/mol. The van der Waals surface area contributed by atoms with Gasteiger partial charge < -0.3 is 15.5 Å². The van der Waals surface area contributed by atoms with Crippen molar-refractivity contribution in [3.05, 3.63) is 59.7 Å². The Morgan fingerprint density at radius 2 is 1.84 bits per heavy atom. The van der Waals surface area contributed by atoms with Crippen molar-refractivity contribution in [3.8, 4) is 6.07 Å². The van der Waals surface area contributed by atoms with E-state index < -0.39 is 0 Å². The molecule has 2 N–H and O–H groups in total. The Labute approximate surface area is 147 Å². The van der Waals surface area contributed by atoms with Gasteiger partial charge in [-0.15, -0.1) is 0 Å². The normalized spacial score (nSPS) is 9.80. The summed E-state index contributed by atoms with van der Waals surface area (Å²) < 4.78 is 0.